The van der Waals surface area contributed by atoms with Crippen LogP contribution in [0.1, 0.15) is 22.5 Å². The van der Waals surface area contributed by atoms with Crippen LogP contribution >= 0.6 is 0 Å². The van der Waals surface area contributed by atoms with Gasteiger partial charge in [-0.25, -0.2) is 0 Å². The predicted octanol–water partition coefficient (Wildman–Crippen LogP) is 1.82. The third kappa shape index (κ3) is 2.20. The van der Waals surface area contributed by atoms with E-state index in [0.717, 1.165) is 12.0 Å². The first-order valence-electron chi connectivity index (χ1n) is 6.73. The zero-order valence-electron chi connectivity index (χ0n) is 11.4. The summed E-state index contributed by atoms with van der Waals surface area (Å²) in [7, 11) is 0. The monoisotopic (exact) mass is 271 g/mol. The van der Waals surface area contributed by atoms with Gasteiger partial charge in [0, 0.05) is 24.7 Å². The molecule has 1 aliphatic rings. The van der Waals surface area contributed by atoms with Crippen molar-refractivity contribution in [1.82, 2.24) is 10.1 Å². The van der Waals surface area contributed by atoms with Gasteiger partial charge in [-0.15, -0.1) is 0 Å². The molecule has 3 rings (SSSR count). The molecule has 0 bridgehead atoms. The summed E-state index contributed by atoms with van der Waals surface area (Å²) in [6.07, 6.45) is 0.844. The van der Waals surface area contributed by atoms with Gasteiger partial charge in [0.05, 0.1) is 0 Å². The maximum absolute atomic E-state index is 12.6. The quantitative estimate of drug-likeness (QED) is 0.904. The third-order valence-corrected chi connectivity index (χ3v) is 3.64. The second-order valence-electron chi connectivity index (χ2n) is 5.13. The fourth-order valence-electron chi connectivity index (χ4n) is 2.55. The Kier molecular flexibility index (Phi) is 3.28. The summed E-state index contributed by atoms with van der Waals surface area (Å²) in [4.78, 5) is 14.4. The molecule has 2 heterocycles. The number of aromatic nitrogens is 1. The van der Waals surface area contributed by atoms with Gasteiger partial charge in [-0.3, -0.25) is 4.79 Å². The van der Waals surface area contributed by atoms with Crippen LogP contribution in [0.3, 0.4) is 0 Å². The van der Waals surface area contributed by atoms with E-state index in [0.29, 0.717) is 30.1 Å². The van der Waals surface area contributed by atoms with E-state index in [-0.39, 0.29) is 11.9 Å². The molecule has 1 aromatic heterocycles. The summed E-state index contributed by atoms with van der Waals surface area (Å²) >= 11 is 0. The molecule has 5 nitrogen and oxygen atoms in total. The Balaban J connectivity index is 1.97. The van der Waals surface area contributed by atoms with E-state index < -0.39 is 0 Å². The second-order valence-corrected chi connectivity index (χ2v) is 5.13. The lowest BCUT2D eigenvalue weighted by atomic mass is 10.1. The van der Waals surface area contributed by atoms with Crippen molar-refractivity contribution in [1.29, 1.82) is 0 Å². The van der Waals surface area contributed by atoms with Crippen LogP contribution in [0.4, 0.5) is 0 Å². The maximum atomic E-state index is 12.6. The summed E-state index contributed by atoms with van der Waals surface area (Å²) in [5.41, 5.74) is 7.91. The Labute approximate surface area is 117 Å². The molecule has 104 valence electrons. The van der Waals surface area contributed by atoms with Gasteiger partial charge in [0.25, 0.3) is 5.91 Å². The average Bonchev–Trinajstić information content (AvgIpc) is 3.05. The fourth-order valence-corrected chi connectivity index (χ4v) is 2.55. The van der Waals surface area contributed by atoms with Crippen molar-refractivity contribution in [2.24, 2.45) is 5.73 Å². The molecule has 1 amide bonds. The maximum Gasteiger partial charge on any atom is 0.259 e. The Morgan fingerprint density at radius 2 is 2.15 bits per heavy atom. The highest BCUT2D eigenvalue weighted by atomic mass is 16.5. The molecule has 2 aromatic rings. The molecular weight excluding hydrogens is 254 g/mol. The number of likely N-dealkylation sites (tertiary alicyclic amines) is 1. The largest absolute Gasteiger partial charge is 0.360 e. The average molecular weight is 271 g/mol. The molecule has 2 N–H and O–H groups in total. The van der Waals surface area contributed by atoms with E-state index >= 15 is 0 Å². The Bertz CT molecular complexity index is 621. The Morgan fingerprint density at radius 1 is 1.40 bits per heavy atom. The Hall–Kier alpha value is -2.14. The number of nitrogens with zero attached hydrogens (tertiary/aromatic N) is 2. The van der Waals surface area contributed by atoms with E-state index in [2.05, 4.69) is 5.16 Å². The van der Waals surface area contributed by atoms with E-state index in [1.54, 1.807) is 11.8 Å². The van der Waals surface area contributed by atoms with Crippen molar-refractivity contribution in [2.45, 2.75) is 19.4 Å². The van der Waals surface area contributed by atoms with Crippen LogP contribution < -0.4 is 5.73 Å². The number of rotatable bonds is 2. The lowest BCUT2D eigenvalue weighted by Crippen LogP contribution is -2.32. The number of carbonyl (C=O) groups is 1. The molecule has 0 unspecified atom stereocenters. The number of carbonyl (C=O) groups excluding carboxylic acids is 1. The van der Waals surface area contributed by atoms with Crippen LogP contribution in [-0.4, -0.2) is 35.1 Å². The van der Waals surface area contributed by atoms with Gasteiger partial charge in [0.15, 0.2) is 0 Å². The standard InChI is InChI=1S/C15H17N3O2/c1-10-13(15(19)18-8-7-12(16)9-18)14(17-20-10)11-5-3-2-4-6-11/h2-6,12H,7-9,16H2,1H3/t12-/m1/s1. The topological polar surface area (TPSA) is 72.4 Å². The summed E-state index contributed by atoms with van der Waals surface area (Å²) in [6.45, 7) is 3.05. The molecule has 1 atom stereocenters. The number of nitrogens with two attached hydrogens (primary N) is 1. The summed E-state index contributed by atoms with van der Waals surface area (Å²) in [6, 6.07) is 9.67. The molecule has 1 aromatic carbocycles. The van der Waals surface area contributed by atoms with E-state index in [1.807, 2.05) is 30.3 Å². The smallest absolute Gasteiger partial charge is 0.259 e. The zero-order chi connectivity index (χ0) is 14.1. The zero-order valence-corrected chi connectivity index (χ0v) is 11.4. The van der Waals surface area contributed by atoms with Gasteiger partial charge < -0.3 is 15.2 Å². The first kappa shape index (κ1) is 12.9. The normalized spacial score (nSPS) is 18.5. The van der Waals surface area contributed by atoms with Gasteiger partial charge in [0.2, 0.25) is 0 Å². The van der Waals surface area contributed by atoms with Gasteiger partial charge in [-0.05, 0) is 13.3 Å². The summed E-state index contributed by atoms with van der Waals surface area (Å²) < 4.78 is 5.23. The van der Waals surface area contributed by atoms with Gasteiger partial charge in [0.1, 0.15) is 17.0 Å². The number of hydrogen-bond donors (Lipinski definition) is 1. The molecule has 20 heavy (non-hydrogen) atoms. The fraction of sp³-hybridized carbons (Fsp3) is 0.333. The van der Waals surface area contributed by atoms with Crippen molar-refractivity contribution in [3.63, 3.8) is 0 Å². The minimum absolute atomic E-state index is 0.0458. The summed E-state index contributed by atoms with van der Waals surface area (Å²) in [5, 5.41) is 4.04. The highest BCUT2D eigenvalue weighted by Crippen LogP contribution is 2.27. The van der Waals surface area contributed by atoms with Crippen molar-refractivity contribution >= 4 is 5.91 Å². The molecule has 0 radical (unpaired) electrons. The van der Waals surface area contributed by atoms with Crippen molar-refractivity contribution in [3.05, 3.63) is 41.7 Å². The molecule has 5 heteroatoms. The van der Waals surface area contributed by atoms with Gasteiger partial charge >= 0.3 is 0 Å². The lowest BCUT2D eigenvalue weighted by Gasteiger charge is -2.15. The SMILES string of the molecule is Cc1onc(-c2ccccc2)c1C(=O)N1CC[C@@H](N)C1. The van der Waals surface area contributed by atoms with Crippen LogP contribution in [0.25, 0.3) is 11.3 Å². The summed E-state index contributed by atoms with van der Waals surface area (Å²) in [5.74, 6) is 0.505. The minimum atomic E-state index is -0.0458. The number of amides is 1. The lowest BCUT2D eigenvalue weighted by molar-refractivity contribution is 0.0790. The molecular formula is C15H17N3O2. The molecule has 1 fully saturated rings. The van der Waals surface area contributed by atoms with Crippen molar-refractivity contribution < 1.29 is 9.32 Å². The minimum Gasteiger partial charge on any atom is -0.360 e. The molecule has 0 spiro atoms. The van der Waals surface area contributed by atoms with Gasteiger partial charge in [-0.1, -0.05) is 35.5 Å². The Morgan fingerprint density at radius 3 is 2.80 bits per heavy atom. The van der Waals surface area contributed by atoms with Crippen molar-refractivity contribution in [3.8, 4) is 11.3 Å². The third-order valence-electron chi connectivity index (χ3n) is 3.64. The van der Waals surface area contributed by atoms with E-state index in [9.17, 15) is 4.79 Å². The van der Waals surface area contributed by atoms with Crippen LogP contribution in [0.5, 0.6) is 0 Å². The second kappa shape index (κ2) is 5.09. The highest BCUT2D eigenvalue weighted by molar-refractivity contribution is 6.00. The van der Waals surface area contributed by atoms with E-state index in [4.69, 9.17) is 10.3 Å². The number of aryl methyl sites for hydroxylation is 1. The van der Waals surface area contributed by atoms with Crippen molar-refractivity contribution in [2.75, 3.05) is 13.1 Å². The molecule has 1 aliphatic heterocycles. The van der Waals surface area contributed by atoms with Crippen LogP contribution in [-0.2, 0) is 0 Å². The molecule has 1 saturated heterocycles. The highest BCUT2D eigenvalue weighted by Gasteiger charge is 2.30. The molecule has 0 aliphatic carbocycles. The number of hydrogen-bond acceptors (Lipinski definition) is 4. The molecule has 0 saturated carbocycles. The van der Waals surface area contributed by atoms with Gasteiger partial charge in [-0.2, -0.15) is 0 Å². The van der Waals surface area contributed by atoms with E-state index in [1.165, 1.54) is 0 Å². The van der Waals surface area contributed by atoms with Crippen LogP contribution in [0.15, 0.2) is 34.9 Å². The first-order chi connectivity index (χ1) is 9.66. The first-order valence-corrected chi connectivity index (χ1v) is 6.73. The van der Waals surface area contributed by atoms with Crippen LogP contribution in [0.2, 0.25) is 0 Å². The number of benzene rings is 1. The predicted molar refractivity (Wildman–Crippen MR) is 75.2 cm³/mol. The van der Waals surface area contributed by atoms with Crippen LogP contribution in [0, 0.1) is 6.92 Å².